The average Bonchev–Trinajstić information content (AvgIpc) is 3.29. The minimum absolute atomic E-state index is 0.457. The van der Waals surface area contributed by atoms with Gasteiger partial charge in [0.25, 0.3) is 0 Å². The zero-order chi connectivity index (χ0) is 13.9. The van der Waals surface area contributed by atoms with E-state index in [-0.39, 0.29) is 0 Å². The molecule has 1 aliphatic rings. The molecule has 2 aromatic rings. The van der Waals surface area contributed by atoms with E-state index in [4.69, 9.17) is 11.6 Å². The first kappa shape index (κ1) is 14.1. The van der Waals surface area contributed by atoms with Gasteiger partial charge >= 0.3 is 0 Å². The lowest BCUT2D eigenvalue weighted by molar-refractivity contribution is 0.480. The molecule has 1 aliphatic carbocycles. The van der Waals surface area contributed by atoms with Crippen LogP contribution in [0.4, 0.5) is 0 Å². The Balaban J connectivity index is 1.70. The fourth-order valence-corrected chi connectivity index (χ4v) is 2.97. The molecule has 0 aliphatic heterocycles. The Hall–Kier alpha value is -0.830. The van der Waals surface area contributed by atoms with Crippen LogP contribution in [0.25, 0.3) is 0 Å². The Morgan fingerprint density at radius 1 is 1.15 bits per heavy atom. The van der Waals surface area contributed by atoms with Gasteiger partial charge in [-0.3, -0.25) is 0 Å². The lowest BCUT2D eigenvalue weighted by atomic mass is 10.0. The van der Waals surface area contributed by atoms with Gasteiger partial charge in [0.2, 0.25) is 0 Å². The van der Waals surface area contributed by atoms with Gasteiger partial charge < -0.3 is 5.32 Å². The highest BCUT2D eigenvalue weighted by Crippen LogP contribution is 2.41. The summed E-state index contributed by atoms with van der Waals surface area (Å²) in [5.41, 5.74) is 2.61. The highest BCUT2D eigenvalue weighted by Gasteiger charge is 2.31. The van der Waals surface area contributed by atoms with E-state index in [0.29, 0.717) is 6.04 Å². The van der Waals surface area contributed by atoms with Crippen molar-refractivity contribution in [1.82, 2.24) is 5.32 Å². The molecular formula is C17H17BrClN. The SMILES string of the molecule is Clc1cc(CNC(c2ccccc2)C2CC2)ccc1Br. The zero-order valence-corrected chi connectivity index (χ0v) is 13.5. The first-order valence-corrected chi connectivity index (χ1v) is 8.13. The van der Waals surface area contributed by atoms with E-state index in [0.717, 1.165) is 22.0 Å². The van der Waals surface area contributed by atoms with Crippen molar-refractivity contribution >= 4 is 27.5 Å². The van der Waals surface area contributed by atoms with Crippen LogP contribution in [0, 0.1) is 5.92 Å². The van der Waals surface area contributed by atoms with Crippen LogP contribution in [0.2, 0.25) is 5.02 Å². The van der Waals surface area contributed by atoms with Crippen LogP contribution in [0.5, 0.6) is 0 Å². The minimum Gasteiger partial charge on any atom is -0.306 e. The molecule has 1 saturated carbocycles. The van der Waals surface area contributed by atoms with Crippen LogP contribution >= 0.6 is 27.5 Å². The fourth-order valence-electron chi connectivity index (χ4n) is 2.52. The van der Waals surface area contributed by atoms with Gasteiger partial charge in [-0.1, -0.05) is 48.0 Å². The molecule has 0 heterocycles. The Labute approximate surface area is 133 Å². The number of hydrogen-bond donors (Lipinski definition) is 1. The van der Waals surface area contributed by atoms with Gasteiger partial charge in [-0.25, -0.2) is 0 Å². The van der Waals surface area contributed by atoms with Gasteiger partial charge in [0, 0.05) is 17.1 Å². The normalized spacial score (nSPS) is 16.1. The van der Waals surface area contributed by atoms with Crippen LogP contribution < -0.4 is 5.32 Å². The molecular weight excluding hydrogens is 334 g/mol. The lowest BCUT2D eigenvalue weighted by Gasteiger charge is -2.19. The number of rotatable bonds is 5. The van der Waals surface area contributed by atoms with Crippen LogP contribution in [0.15, 0.2) is 53.0 Å². The van der Waals surface area contributed by atoms with Crippen molar-refractivity contribution in [2.45, 2.75) is 25.4 Å². The Morgan fingerprint density at radius 3 is 2.55 bits per heavy atom. The van der Waals surface area contributed by atoms with Gasteiger partial charge in [-0.15, -0.1) is 0 Å². The van der Waals surface area contributed by atoms with Crippen molar-refractivity contribution in [2.75, 3.05) is 0 Å². The molecule has 104 valence electrons. The topological polar surface area (TPSA) is 12.0 Å². The predicted molar refractivity (Wildman–Crippen MR) is 87.9 cm³/mol. The standard InChI is InChI=1S/C17H17BrClN/c18-15-9-6-12(10-16(15)19)11-20-17(14-7-8-14)13-4-2-1-3-5-13/h1-6,9-10,14,17,20H,7-8,11H2. The molecule has 0 amide bonds. The van der Waals surface area contributed by atoms with Crippen LogP contribution in [-0.4, -0.2) is 0 Å². The Morgan fingerprint density at radius 2 is 1.90 bits per heavy atom. The molecule has 3 rings (SSSR count). The number of halogens is 2. The number of hydrogen-bond acceptors (Lipinski definition) is 1. The maximum Gasteiger partial charge on any atom is 0.0551 e. The third kappa shape index (κ3) is 3.43. The third-order valence-corrected chi connectivity index (χ3v) is 4.99. The largest absolute Gasteiger partial charge is 0.306 e. The van der Waals surface area contributed by atoms with E-state index in [9.17, 15) is 0 Å². The molecule has 0 aromatic heterocycles. The quantitative estimate of drug-likeness (QED) is 0.767. The monoisotopic (exact) mass is 349 g/mol. The fraction of sp³-hybridized carbons (Fsp3) is 0.294. The first-order chi connectivity index (χ1) is 9.74. The highest BCUT2D eigenvalue weighted by atomic mass is 79.9. The average molecular weight is 351 g/mol. The van der Waals surface area contributed by atoms with Gasteiger partial charge in [0.1, 0.15) is 0 Å². The van der Waals surface area contributed by atoms with Crippen molar-refractivity contribution in [3.05, 3.63) is 69.2 Å². The van der Waals surface area contributed by atoms with E-state index < -0.39 is 0 Å². The Kier molecular flexibility index (Phi) is 4.45. The summed E-state index contributed by atoms with van der Waals surface area (Å²) in [6.45, 7) is 0.850. The first-order valence-electron chi connectivity index (χ1n) is 6.96. The van der Waals surface area contributed by atoms with Crippen molar-refractivity contribution in [3.8, 4) is 0 Å². The summed E-state index contributed by atoms with van der Waals surface area (Å²) >= 11 is 9.57. The molecule has 0 bridgehead atoms. The van der Waals surface area contributed by atoms with Gasteiger partial charge in [0.05, 0.1) is 5.02 Å². The second-order valence-corrected chi connectivity index (χ2v) is 6.62. The molecule has 0 radical (unpaired) electrons. The summed E-state index contributed by atoms with van der Waals surface area (Å²) in [5.74, 6) is 0.781. The maximum absolute atomic E-state index is 6.15. The van der Waals surface area contributed by atoms with E-state index >= 15 is 0 Å². The summed E-state index contributed by atoms with van der Waals surface area (Å²) in [6.07, 6.45) is 2.65. The molecule has 1 N–H and O–H groups in total. The molecule has 1 fully saturated rings. The van der Waals surface area contributed by atoms with Crippen LogP contribution in [0.3, 0.4) is 0 Å². The molecule has 1 unspecified atom stereocenters. The third-order valence-electron chi connectivity index (χ3n) is 3.76. The summed E-state index contributed by atoms with van der Waals surface area (Å²) in [4.78, 5) is 0. The molecule has 1 nitrogen and oxygen atoms in total. The number of benzene rings is 2. The van der Waals surface area contributed by atoms with E-state index in [1.54, 1.807) is 0 Å². The van der Waals surface area contributed by atoms with Gasteiger partial charge in [0.15, 0.2) is 0 Å². The smallest absolute Gasteiger partial charge is 0.0551 e. The van der Waals surface area contributed by atoms with Crippen molar-refractivity contribution < 1.29 is 0 Å². The van der Waals surface area contributed by atoms with E-state index in [1.165, 1.54) is 24.0 Å². The zero-order valence-electron chi connectivity index (χ0n) is 11.2. The van der Waals surface area contributed by atoms with E-state index in [1.807, 2.05) is 12.1 Å². The summed E-state index contributed by atoms with van der Waals surface area (Å²) in [5, 5.41) is 4.46. The second kappa shape index (κ2) is 6.30. The summed E-state index contributed by atoms with van der Waals surface area (Å²) < 4.78 is 0.949. The van der Waals surface area contributed by atoms with Crippen LogP contribution in [-0.2, 0) is 6.54 Å². The molecule has 20 heavy (non-hydrogen) atoms. The predicted octanol–water partition coefficient (Wildman–Crippen LogP) is 5.34. The van der Waals surface area contributed by atoms with Gasteiger partial charge in [-0.2, -0.15) is 0 Å². The van der Waals surface area contributed by atoms with Gasteiger partial charge in [-0.05, 0) is 57.9 Å². The maximum atomic E-state index is 6.15. The molecule has 0 saturated heterocycles. The van der Waals surface area contributed by atoms with Crippen molar-refractivity contribution in [2.24, 2.45) is 5.92 Å². The Bertz CT molecular complexity index is 581. The molecule has 0 spiro atoms. The minimum atomic E-state index is 0.457. The van der Waals surface area contributed by atoms with Crippen molar-refractivity contribution in [3.63, 3.8) is 0 Å². The molecule has 2 aromatic carbocycles. The summed E-state index contributed by atoms with van der Waals surface area (Å²) in [6, 6.07) is 17.3. The second-order valence-electron chi connectivity index (χ2n) is 5.36. The highest BCUT2D eigenvalue weighted by molar-refractivity contribution is 9.10. The van der Waals surface area contributed by atoms with Crippen LogP contribution in [0.1, 0.15) is 30.0 Å². The lowest BCUT2D eigenvalue weighted by Crippen LogP contribution is -2.22. The van der Waals surface area contributed by atoms with E-state index in [2.05, 4.69) is 57.6 Å². The van der Waals surface area contributed by atoms with Crippen molar-refractivity contribution in [1.29, 1.82) is 0 Å². The summed E-state index contributed by atoms with van der Waals surface area (Å²) in [7, 11) is 0. The number of nitrogens with one attached hydrogen (secondary N) is 1. The molecule has 1 atom stereocenters. The molecule has 3 heteroatoms.